The summed E-state index contributed by atoms with van der Waals surface area (Å²) in [4.78, 5) is 22.1. The maximum absolute atomic E-state index is 13.8. The first-order valence-corrected chi connectivity index (χ1v) is 14.9. The van der Waals surface area contributed by atoms with Gasteiger partial charge < -0.3 is 14.1 Å². The van der Waals surface area contributed by atoms with Gasteiger partial charge in [0.1, 0.15) is 17.8 Å². The van der Waals surface area contributed by atoms with Gasteiger partial charge in [0.2, 0.25) is 10.0 Å². The van der Waals surface area contributed by atoms with Gasteiger partial charge in [-0.1, -0.05) is 6.07 Å². The number of amides is 1. The van der Waals surface area contributed by atoms with Crippen molar-refractivity contribution in [1.29, 1.82) is 0 Å². The largest absolute Gasteiger partial charge is 0.497 e. The molecule has 1 aromatic carbocycles. The second kappa shape index (κ2) is 11.5. The van der Waals surface area contributed by atoms with Crippen LogP contribution in [-0.4, -0.2) is 79.3 Å². The van der Waals surface area contributed by atoms with E-state index in [2.05, 4.69) is 9.88 Å². The SMILES string of the molecule is COc1cc(C)c(S(=O)(=O)N(Cc2cc(C(=O)N3CCN(CCc4ccccn4)CC3)co2)C2CC2)c(C)c1. The lowest BCUT2D eigenvalue weighted by atomic mass is 10.1. The van der Waals surface area contributed by atoms with Gasteiger partial charge in [-0.2, -0.15) is 4.31 Å². The van der Waals surface area contributed by atoms with Crippen molar-refractivity contribution in [1.82, 2.24) is 19.1 Å². The molecular weight excluding hydrogens is 516 g/mol. The molecule has 3 heterocycles. The molecule has 9 nitrogen and oxygen atoms in total. The van der Waals surface area contributed by atoms with Crippen molar-refractivity contribution in [2.24, 2.45) is 0 Å². The number of benzene rings is 1. The summed E-state index contributed by atoms with van der Waals surface area (Å²) in [5.41, 5.74) is 2.82. The number of hydrogen-bond acceptors (Lipinski definition) is 7. The fourth-order valence-corrected chi connectivity index (χ4v) is 7.30. The minimum absolute atomic E-state index is 0.0701. The van der Waals surface area contributed by atoms with Crippen molar-refractivity contribution in [2.75, 3.05) is 39.8 Å². The summed E-state index contributed by atoms with van der Waals surface area (Å²) in [6.45, 7) is 7.46. The molecule has 0 N–H and O–H groups in total. The molecule has 1 aliphatic carbocycles. The zero-order chi connectivity index (χ0) is 27.6. The molecule has 208 valence electrons. The Morgan fingerprint density at radius 2 is 1.82 bits per heavy atom. The third-order valence-corrected chi connectivity index (χ3v) is 9.68. The number of rotatable bonds is 10. The van der Waals surface area contributed by atoms with Gasteiger partial charge in [-0.05, 0) is 68.1 Å². The molecule has 0 radical (unpaired) electrons. The molecule has 0 unspecified atom stereocenters. The second-order valence-corrected chi connectivity index (χ2v) is 12.2. The Morgan fingerprint density at radius 3 is 2.44 bits per heavy atom. The van der Waals surface area contributed by atoms with E-state index in [-0.39, 0.29) is 18.5 Å². The van der Waals surface area contributed by atoms with Gasteiger partial charge >= 0.3 is 0 Å². The summed E-state index contributed by atoms with van der Waals surface area (Å²) in [7, 11) is -2.21. The fourth-order valence-electron chi connectivity index (χ4n) is 5.23. The molecule has 3 aromatic rings. The summed E-state index contributed by atoms with van der Waals surface area (Å²) in [5.74, 6) is 1.01. The van der Waals surface area contributed by atoms with Crippen LogP contribution in [0.3, 0.4) is 0 Å². The molecule has 1 amide bonds. The van der Waals surface area contributed by atoms with Gasteiger partial charge in [0.25, 0.3) is 5.91 Å². The number of carbonyl (C=O) groups is 1. The lowest BCUT2D eigenvalue weighted by molar-refractivity contribution is 0.0637. The minimum atomic E-state index is -3.77. The zero-order valence-corrected chi connectivity index (χ0v) is 23.6. The Labute approximate surface area is 230 Å². The molecular formula is C29H36N4O5S. The first-order valence-electron chi connectivity index (χ1n) is 13.4. The number of nitrogens with zero attached hydrogens (tertiary/aromatic N) is 4. The highest BCUT2D eigenvalue weighted by atomic mass is 32.2. The summed E-state index contributed by atoms with van der Waals surface area (Å²) in [6.07, 6.45) is 5.77. The smallest absolute Gasteiger partial charge is 0.257 e. The van der Waals surface area contributed by atoms with E-state index in [1.807, 2.05) is 29.3 Å². The van der Waals surface area contributed by atoms with E-state index in [4.69, 9.17) is 9.15 Å². The number of aromatic nitrogens is 1. The van der Waals surface area contributed by atoms with Gasteiger partial charge in [0, 0.05) is 57.1 Å². The monoisotopic (exact) mass is 552 g/mol. The molecule has 39 heavy (non-hydrogen) atoms. The van der Waals surface area contributed by atoms with Gasteiger partial charge in [0.05, 0.1) is 24.1 Å². The molecule has 2 aliphatic rings. The number of hydrogen-bond donors (Lipinski definition) is 0. The molecule has 1 saturated heterocycles. The molecule has 2 fully saturated rings. The highest BCUT2D eigenvalue weighted by Crippen LogP contribution is 2.36. The predicted octanol–water partition coefficient (Wildman–Crippen LogP) is 3.65. The van der Waals surface area contributed by atoms with Crippen LogP contribution in [-0.2, 0) is 23.0 Å². The summed E-state index contributed by atoms with van der Waals surface area (Å²) in [5, 5.41) is 0. The number of sulfonamides is 1. The van der Waals surface area contributed by atoms with Crippen LogP contribution in [0.1, 0.15) is 45.8 Å². The molecule has 2 aromatic heterocycles. The molecule has 10 heteroatoms. The van der Waals surface area contributed by atoms with Crippen LogP contribution < -0.4 is 4.74 Å². The van der Waals surface area contributed by atoms with Crippen LogP contribution in [0.4, 0.5) is 0 Å². The van der Waals surface area contributed by atoms with Crippen LogP contribution in [0.5, 0.6) is 5.75 Å². The van der Waals surface area contributed by atoms with Crippen molar-refractivity contribution >= 4 is 15.9 Å². The van der Waals surface area contributed by atoms with E-state index >= 15 is 0 Å². The standard InChI is InChI=1S/C29H36N4O5S/c1-21-16-26(37-3)17-22(2)28(21)39(35,36)33(25-7-8-25)19-27-18-23(20-38-27)29(34)32-14-12-31(13-15-32)11-9-24-6-4-5-10-30-24/h4-6,10,16-18,20,25H,7-9,11-15,19H2,1-3H3. The zero-order valence-electron chi connectivity index (χ0n) is 22.8. The molecule has 0 spiro atoms. The topological polar surface area (TPSA) is 96.2 Å². The summed E-state index contributed by atoms with van der Waals surface area (Å²) in [6, 6.07) is 11.1. The maximum atomic E-state index is 13.8. The third kappa shape index (κ3) is 6.18. The second-order valence-electron chi connectivity index (χ2n) is 10.4. The van der Waals surface area contributed by atoms with Crippen molar-refractivity contribution in [3.8, 4) is 5.75 Å². The predicted molar refractivity (Wildman–Crippen MR) is 147 cm³/mol. The number of pyridine rings is 1. The third-order valence-electron chi connectivity index (χ3n) is 7.47. The molecule has 1 saturated carbocycles. The highest BCUT2D eigenvalue weighted by Gasteiger charge is 2.40. The Kier molecular flexibility index (Phi) is 8.06. The molecule has 5 rings (SSSR count). The van der Waals surface area contributed by atoms with E-state index in [0.717, 1.165) is 44.6 Å². The molecule has 1 aliphatic heterocycles. The van der Waals surface area contributed by atoms with Crippen molar-refractivity contribution in [3.05, 3.63) is 77.0 Å². The van der Waals surface area contributed by atoms with Gasteiger partial charge in [-0.25, -0.2) is 8.42 Å². The lowest BCUT2D eigenvalue weighted by Gasteiger charge is -2.34. The molecule has 0 atom stereocenters. The average molecular weight is 553 g/mol. The van der Waals surface area contributed by atoms with Gasteiger partial charge in [-0.15, -0.1) is 0 Å². The van der Waals surface area contributed by atoms with Crippen molar-refractivity contribution in [3.63, 3.8) is 0 Å². The highest BCUT2D eigenvalue weighted by molar-refractivity contribution is 7.89. The van der Waals surface area contributed by atoms with Crippen LogP contribution in [0.25, 0.3) is 0 Å². The van der Waals surface area contributed by atoms with Gasteiger partial charge in [0.15, 0.2) is 0 Å². The number of aryl methyl sites for hydroxylation is 2. The van der Waals surface area contributed by atoms with E-state index in [0.29, 0.717) is 46.2 Å². The van der Waals surface area contributed by atoms with E-state index < -0.39 is 10.0 Å². The summed E-state index contributed by atoms with van der Waals surface area (Å²) >= 11 is 0. The quantitative estimate of drug-likeness (QED) is 0.379. The first kappa shape index (κ1) is 27.4. The first-order chi connectivity index (χ1) is 18.8. The summed E-state index contributed by atoms with van der Waals surface area (Å²) < 4.78 is 40.1. The van der Waals surface area contributed by atoms with Crippen LogP contribution in [0, 0.1) is 13.8 Å². The number of methoxy groups -OCH3 is 1. The Hall–Kier alpha value is -3.21. The Bertz CT molecular complexity index is 1390. The van der Waals surface area contributed by atoms with Crippen LogP contribution >= 0.6 is 0 Å². The van der Waals surface area contributed by atoms with E-state index in [9.17, 15) is 13.2 Å². The van der Waals surface area contributed by atoms with Crippen LogP contribution in [0.15, 0.2) is 58.2 Å². The normalized spacial score (nSPS) is 16.6. The van der Waals surface area contributed by atoms with Crippen molar-refractivity contribution in [2.45, 2.75) is 50.6 Å². The fraction of sp³-hybridized carbons (Fsp3) is 0.448. The number of piperazine rings is 1. The minimum Gasteiger partial charge on any atom is -0.497 e. The Balaban J connectivity index is 1.22. The van der Waals surface area contributed by atoms with E-state index in [1.54, 1.807) is 39.2 Å². The van der Waals surface area contributed by atoms with Crippen molar-refractivity contribution < 1.29 is 22.4 Å². The Morgan fingerprint density at radius 1 is 1.10 bits per heavy atom. The number of carbonyl (C=O) groups excluding carboxylic acids is 1. The van der Waals surface area contributed by atoms with Crippen LogP contribution in [0.2, 0.25) is 0 Å². The lowest BCUT2D eigenvalue weighted by Crippen LogP contribution is -2.49. The van der Waals surface area contributed by atoms with E-state index in [1.165, 1.54) is 10.6 Å². The maximum Gasteiger partial charge on any atom is 0.257 e. The average Bonchev–Trinajstić information content (AvgIpc) is 3.66. The molecule has 0 bridgehead atoms. The number of furan rings is 1. The number of ether oxygens (including phenoxy) is 1. The van der Waals surface area contributed by atoms with Gasteiger partial charge in [-0.3, -0.25) is 14.7 Å².